The molecule has 2 aliphatic heterocycles. The number of hydrogen-bond acceptors (Lipinski definition) is 3. The zero-order chi connectivity index (χ0) is 24.9. The van der Waals surface area contributed by atoms with Crippen molar-refractivity contribution >= 4 is 11.7 Å². The average Bonchev–Trinajstić information content (AvgIpc) is 2.88. The molecule has 0 spiro atoms. The number of urea groups is 1. The van der Waals surface area contributed by atoms with Gasteiger partial charge >= 0.3 is 6.03 Å². The van der Waals surface area contributed by atoms with Crippen molar-refractivity contribution < 1.29 is 14.3 Å². The summed E-state index contributed by atoms with van der Waals surface area (Å²) < 4.78 is 13.6. The number of rotatable bonds is 3. The summed E-state index contributed by atoms with van der Waals surface area (Å²) in [6.45, 7) is 2.19. The Morgan fingerprint density at radius 2 is 1.67 bits per heavy atom. The molecule has 0 unspecified atom stereocenters. The van der Waals surface area contributed by atoms with Crippen LogP contribution in [-0.4, -0.2) is 59.3 Å². The van der Waals surface area contributed by atoms with E-state index >= 15 is 0 Å². The Kier molecular flexibility index (Phi) is 7.31. The molecule has 0 saturated carbocycles. The summed E-state index contributed by atoms with van der Waals surface area (Å²) in [5.41, 5.74) is 3.51. The number of halogens is 1. The van der Waals surface area contributed by atoms with E-state index in [1.807, 2.05) is 47.4 Å². The highest BCUT2D eigenvalue weighted by molar-refractivity contribution is 5.89. The lowest BCUT2D eigenvalue weighted by Gasteiger charge is -2.57. The van der Waals surface area contributed by atoms with Gasteiger partial charge in [0.05, 0.1) is 6.61 Å². The number of anilines is 1. The minimum atomic E-state index is -0.381. The standard InChI is InChI=1S/C30H30FN3O2/c31-25-9-6-10-26(19-25)32-30(36)33-17-4-5-18-34-27(20-33)29(28(34)21-35)24-15-13-23(14-16-24)12-11-22-7-2-1-3-8-22/h1-3,6-10,13-16,19,27-29,35H,4-5,17-18,20-21H2,(H,32,36)/t27-,28-,29-/m0/s1. The third-order valence-electron chi connectivity index (χ3n) is 7.15. The summed E-state index contributed by atoms with van der Waals surface area (Å²) in [6.07, 6.45) is 1.84. The Balaban J connectivity index is 1.32. The smallest absolute Gasteiger partial charge is 0.321 e. The molecule has 2 aliphatic rings. The summed E-state index contributed by atoms with van der Waals surface area (Å²) in [4.78, 5) is 17.2. The number of aliphatic hydroxyl groups is 1. The normalized spacial score (nSPS) is 21.7. The molecule has 0 aliphatic carbocycles. The van der Waals surface area contributed by atoms with E-state index in [1.165, 1.54) is 12.1 Å². The third-order valence-corrected chi connectivity index (χ3v) is 7.15. The van der Waals surface area contributed by atoms with Crippen molar-refractivity contribution in [2.75, 3.05) is 31.6 Å². The van der Waals surface area contributed by atoms with Gasteiger partial charge in [0.25, 0.3) is 0 Å². The number of nitrogens with zero attached hydrogens (tertiary/aromatic N) is 2. The lowest BCUT2D eigenvalue weighted by molar-refractivity contribution is -0.0585. The topological polar surface area (TPSA) is 55.8 Å². The highest BCUT2D eigenvalue weighted by atomic mass is 19.1. The van der Waals surface area contributed by atoms with Crippen LogP contribution in [0.4, 0.5) is 14.9 Å². The minimum Gasteiger partial charge on any atom is -0.395 e. The van der Waals surface area contributed by atoms with Crippen molar-refractivity contribution in [3.05, 3.63) is 101 Å². The fourth-order valence-corrected chi connectivity index (χ4v) is 5.35. The van der Waals surface area contributed by atoms with Crippen molar-refractivity contribution in [1.29, 1.82) is 0 Å². The number of carbonyl (C=O) groups excluding carboxylic acids is 1. The molecule has 2 saturated heterocycles. The number of amides is 2. The average molecular weight is 484 g/mol. The Bertz CT molecular complexity index is 1250. The molecule has 0 bridgehead atoms. The summed E-state index contributed by atoms with van der Waals surface area (Å²) >= 11 is 0. The van der Waals surface area contributed by atoms with Crippen LogP contribution in [0, 0.1) is 17.7 Å². The van der Waals surface area contributed by atoms with E-state index in [-0.39, 0.29) is 36.5 Å². The maximum absolute atomic E-state index is 13.6. The van der Waals surface area contributed by atoms with Crippen LogP contribution in [0.1, 0.15) is 35.4 Å². The molecular weight excluding hydrogens is 453 g/mol. The van der Waals surface area contributed by atoms with E-state index in [4.69, 9.17) is 0 Å². The molecule has 184 valence electrons. The lowest BCUT2D eigenvalue weighted by atomic mass is 9.74. The molecule has 3 aromatic rings. The number of carbonyl (C=O) groups is 1. The number of hydrogen-bond donors (Lipinski definition) is 2. The molecule has 2 N–H and O–H groups in total. The molecule has 2 amide bonds. The fourth-order valence-electron chi connectivity index (χ4n) is 5.35. The van der Waals surface area contributed by atoms with Crippen molar-refractivity contribution in [2.24, 2.45) is 0 Å². The molecule has 3 aromatic carbocycles. The highest BCUT2D eigenvalue weighted by Crippen LogP contribution is 2.42. The van der Waals surface area contributed by atoms with E-state index in [9.17, 15) is 14.3 Å². The molecule has 2 fully saturated rings. The molecular formula is C30H30FN3O2. The van der Waals surface area contributed by atoms with Crippen LogP contribution in [-0.2, 0) is 0 Å². The predicted molar refractivity (Wildman–Crippen MR) is 139 cm³/mol. The molecule has 5 nitrogen and oxygen atoms in total. The van der Waals surface area contributed by atoms with Gasteiger partial charge in [-0.15, -0.1) is 0 Å². The van der Waals surface area contributed by atoms with Gasteiger partial charge in [0.2, 0.25) is 0 Å². The van der Waals surface area contributed by atoms with Crippen LogP contribution >= 0.6 is 0 Å². The van der Waals surface area contributed by atoms with Gasteiger partial charge in [-0.25, -0.2) is 9.18 Å². The van der Waals surface area contributed by atoms with Gasteiger partial charge in [0.15, 0.2) is 0 Å². The molecule has 0 aromatic heterocycles. The Labute approximate surface area is 211 Å². The monoisotopic (exact) mass is 483 g/mol. The van der Waals surface area contributed by atoms with Crippen molar-refractivity contribution in [3.63, 3.8) is 0 Å². The first-order chi connectivity index (χ1) is 17.6. The lowest BCUT2D eigenvalue weighted by Crippen LogP contribution is -2.68. The number of benzene rings is 3. The first-order valence-electron chi connectivity index (χ1n) is 12.5. The first kappa shape index (κ1) is 24.1. The van der Waals surface area contributed by atoms with Crippen molar-refractivity contribution in [3.8, 4) is 11.8 Å². The number of fused-ring (bicyclic) bond motifs is 1. The van der Waals surface area contributed by atoms with E-state index in [2.05, 4.69) is 34.2 Å². The summed E-state index contributed by atoms with van der Waals surface area (Å²) in [6, 6.07) is 24.0. The second-order valence-corrected chi connectivity index (χ2v) is 9.41. The van der Waals surface area contributed by atoms with Gasteiger partial charge in [0, 0.05) is 47.9 Å². The van der Waals surface area contributed by atoms with Gasteiger partial charge in [-0.2, -0.15) is 0 Å². The molecule has 0 radical (unpaired) electrons. The van der Waals surface area contributed by atoms with E-state index < -0.39 is 0 Å². The Morgan fingerprint density at radius 3 is 2.39 bits per heavy atom. The van der Waals surface area contributed by atoms with Gasteiger partial charge in [0.1, 0.15) is 5.82 Å². The summed E-state index contributed by atoms with van der Waals surface area (Å²) in [5, 5.41) is 13.0. The molecule has 5 rings (SSSR count). The maximum atomic E-state index is 13.6. The molecule has 6 heteroatoms. The van der Waals surface area contributed by atoms with Crippen LogP contribution in [0.15, 0.2) is 78.9 Å². The third kappa shape index (κ3) is 5.28. The fraction of sp³-hybridized carbons (Fsp3) is 0.300. The molecule has 36 heavy (non-hydrogen) atoms. The van der Waals surface area contributed by atoms with Crippen molar-refractivity contribution in [2.45, 2.75) is 30.8 Å². The summed E-state index contributed by atoms with van der Waals surface area (Å²) in [5.74, 6) is 6.14. The Hall–Kier alpha value is -3.66. The molecule has 3 atom stereocenters. The van der Waals surface area contributed by atoms with Crippen LogP contribution in [0.5, 0.6) is 0 Å². The van der Waals surface area contributed by atoms with Crippen LogP contribution < -0.4 is 5.32 Å². The van der Waals surface area contributed by atoms with Crippen molar-refractivity contribution in [1.82, 2.24) is 9.80 Å². The van der Waals surface area contributed by atoms with Crippen LogP contribution in [0.2, 0.25) is 0 Å². The quantitative estimate of drug-likeness (QED) is 0.532. The number of nitrogens with one attached hydrogen (secondary N) is 1. The van der Waals surface area contributed by atoms with Gasteiger partial charge in [-0.3, -0.25) is 4.90 Å². The predicted octanol–water partition coefficient (Wildman–Crippen LogP) is 4.68. The summed E-state index contributed by atoms with van der Waals surface area (Å²) in [7, 11) is 0. The SMILES string of the molecule is O=C(Nc1cccc(F)c1)N1CCCCN2[C@@H](CO)[C@@H](c3ccc(C#Cc4ccccc4)cc3)[C@@H]2C1. The molecule has 2 heterocycles. The zero-order valence-corrected chi connectivity index (χ0v) is 20.1. The second-order valence-electron chi connectivity index (χ2n) is 9.41. The minimum absolute atomic E-state index is 0.0301. The Morgan fingerprint density at radius 1 is 0.944 bits per heavy atom. The highest BCUT2D eigenvalue weighted by Gasteiger charge is 2.49. The largest absolute Gasteiger partial charge is 0.395 e. The zero-order valence-electron chi connectivity index (χ0n) is 20.1. The van der Waals surface area contributed by atoms with Crippen LogP contribution in [0.25, 0.3) is 0 Å². The maximum Gasteiger partial charge on any atom is 0.321 e. The van der Waals surface area contributed by atoms with Gasteiger partial charge in [-0.1, -0.05) is 48.2 Å². The van der Waals surface area contributed by atoms with Crippen LogP contribution in [0.3, 0.4) is 0 Å². The van der Waals surface area contributed by atoms with E-state index in [0.717, 1.165) is 36.1 Å². The second kappa shape index (κ2) is 10.9. The van der Waals surface area contributed by atoms with E-state index in [0.29, 0.717) is 18.8 Å². The van der Waals surface area contributed by atoms with Gasteiger partial charge < -0.3 is 15.3 Å². The van der Waals surface area contributed by atoms with Gasteiger partial charge in [-0.05, 0) is 67.4 Å². The number of aliphatic hydroxyl groups excluding tert-OH is 1. The van der Waals surface area contributed by atoms with E-state index in [1.54, 1.807) is 12.1 Å². The first-order valence-corrected chi connectivity index (χ1v) is 12.5.